The number of aromatic nitrogens is 4. The molecule has 0 saturated heterocycles. The summed E-state index contributed by atoms with van der Waals surface area (Å²) in [6.45, 7) is 0. The van der Waals surface area contributed by atoms with Gasteiger partial charge in [-0.25, -0.2) is 14.6 Å². The molecule has 4 rings (SSSR count). The molecule has 0 bridgehead atoms. The first kappa shape index (κ1) is 14.9. The molecule has 0 unspecified atom stereocenters. The summed E-state index contributed by atoms with van der Waals surface area (Å²) < 4.78 is 6.95. The molecule has 0 aliphatic carbocycles. The molecular formula is C18H16N6O. The van der Waals surface area contributed by atoms with Gasteiger partial charge in [0, 0.05) is 23.1 Å². The van der Waals surface area contributed by atoms with E-state index in [0.29, 0.717) is 28.4 Å². The maximum Gasteiger partial charge on any atom is 0.166 e. The Morgan fingerprint density at radius 1 is 1.00 bits per heavy atom. The second-order valence-electron chi connectivity index (χ2n) is 5.57. The average Bonchev–Trinajstić information content (AvgIpc) is 3.07. The first-order valence-corrected chi connectivity index (χ1v) is 7.66. The van der Waals surface area contributed by atoms with Crippen LogP contribution in [0.2, 0.25) is 0 Å². The number of anilines is 2. The zero-order valence-corrected chi connectivity index (χ0v) is 13.5. The zero-order chi connectivity index (χ0) is 17.4. The maximum atomic E-state index is 6.05. The van der Waals surface area contributed by atoms with Crippen LogP contribution in [0.5, 0.6) is 5.75 Å². The maximum absolute atomic E-state index is 6.05. The van der Waals surface area contributed by atoms with Crippen molar-refractivity contribution in [1.29, 1.82) is 0 Å². The minimum atomic E-state index is 0.507. The van der Waals surface area contributed by atoms with Gasteiger partial charge in [0.1, 0.15) is 5.75 Å². The van der Waals surface area contributed by atoms with Crippen molar-refractivity contribution in [1.82, 2.24) is 19.7 Å². The van der Waals surface area contributed by atoms with E-state index in [-0.39, 0.29) is 0 Å². The lowest BCUT2D eigenvalue weighted by atomic mass is 10.1. The molecule has 124 valence electrons. The summed E-state index contributed by atoms with van der Waals surface area (Å²) in [7, 11) is 1.63. The number of benzene rings is 2. The molecule has 2 aromatic carbocycles. The van der Waals surface area contributed by atoms with Gasteiger partial charge in [-0.3, -0.25) is 0 Å². The topological polar surface area (TPSA) is 105 Å². The first-order chi connectivity index (χ1) is 12.2. The number of hydrogen-bond donors (Lipinski definition) is 2. The number of ether oxygens (including phenoxy) is 1. The molecule has 7 heteroatoms. The van der Waals surface area contributed by atoms with Crippen LogP contribution in [0.25, 0.3) is 28.1 Å². The number of fused-ring (bicyclic) bond motifs is 1. The predicted octanol–water partition coefficient (Wildman–Crippen LogP) is 2.66. The van der Waals surface area contributed by atoms with Gasteiger partial charge in [0.05, 0.1) is 24.4 Å². The number of nitrogen functional groups attached to an aromatic ring is 2. The van der Waals surface area contributed by atoms with Gasteiger partial charge in [0.2, 0.25) is 0 Å². The van der Waals surface area contributed by atoms with Crippen molar-refractivity contribution >= 4 is 22.4 Å². The summed E-state index contributed by atoms with van der Waals surface area (Å²) in [4.78, 5) is 9.04. The summed E-state index contributed by atoms with van der Waals surface area (Å²) in [5.74, 6) is 1.29. The standard InChI is InChI=1S/C18H16N6O/c1-25-14-5-3-13(4-6-14)24-18-11(10-22-24)9-21-17(23-18)15-8-12(19)2-7-16(15)20/h2-10H,19-20H2,1H3. The van der Waals surface area contributed by atoms with Crippen molar-refractivity contribution in [2.75, 3.05) is 18.6 Å². The number of rotatable bonds is 3. The second kappa shape index (κ2) is 5.79. The van der Waals surface area contributed by atoms with Crippen LogP contribution in [0.3, 0.4) is 0 Å². The Labute approximate surface area is 143 Å². The Hall–Kier alpha value is -3.61. The van der Waals surface area contributed by atoms with Crippen LogP contribution in [0.15, 0.2) is 54.9 Å². The van der Waals surface area contributed by atoms with Crippen LogP contribution in [-0.2, 0) is 0 Å². The van der Waals surface area contributed by atoms with Crippen LogP contribution in [0.1, 0.15) is 0 Å². The Kier molecular flexibility index (Phi) is 3.46. The Morgan fingerprint density at radius 2 is 1.80 bits per heavy atom. The molecule has 25 heavy (non-hydrogen) atoms. The summed E-state index contributed by atoms with van der Waals surface area (Å²) in [6, 6.07) is 12.9. The van der Waals surface area contributed by atoms with E-state index in [1.54, 1.807) is 42.4 Å². The summed E-state index contributed by atoms with van der Waals surface area (Å²) in [6.07, 6.45) is 3.46. The van der Waals surface area contributed by atoms with Gasteiger partial charge in [-0.1, -0.05) is 0 Å². The van der Waals surface area contributed by atoms with Crippen molar-refractivity contribution in [3.8, 4) is 22.8 Å². The fourth-order valence-corrected chi connectivity index (χ4v) is 2.63. The number of nitrogens with two attached hydrogens (primary N) is 2. The Morgan fingerprint density at radius 3 is 2.56 bits per heavy atom. The summed E-state index contributed by atoms with van der Waals surface area (Å²) in [5.41, 5.74) is 15.4. The van der Waals surface area contributed by atoms with E-state index in [1.165, 1.54) is 0 Å². The van der Waals surface area contributed by atoms with Gasteiger partial charge < -0.3 is 16.2 Å². The molecule has 0 aliphatic rings. The molecule has 0 saturated carbocycles. The van der Waals surface area contributed by atoms with Gasteiger partial charge in [0.25, 0.3) is 0 Å². The molecule has 0 spiro atoms. The van der Waals surface area contributed by atoms with Gasteiger partial charge in [0.15, 0.2) is 11.5 Å². The van der Waals surface area contributed by atoms with Crippen LogP contribution in [0.4, 0.5) is 11.4 Å². The van der Waals surface area contributed by atoms with Crippen LogP contribution >= 0.6 is 0 Å². The molecule has 4 aromatic rings. The van der Waals surface area contributed by atoms with E-state index < -0.39 is 0 Å². The molecule has 2 aromatic heterocycles. The fourth-order valence-electron chi connectivity index (χ4n) is 2.63. The van der Waals surface area contributed by atoms with Crippen molar-refractivity contribution in [3.63, 3.8) is 0 Å². The molecule has 2 heterocycles. The molecule has 0 radical (unpaired) electrons. The molecular weight excluding hydrogens is 316 g/mol. The lowest BCUT2D eigenvalue weighted by Gasteiger charge is -2.07. The van der Waals surface area contributed by atoms with E-state index in [0.717, 1.165) is 16.8 Å². The monoisotopic (exact) mass is 332 g/mol. The Balaban J connectivity index is 1.86. The predicted molar refractivity (Wildman–Crippen MR) is 97.5 cm³/mol. The normalized spacial score (nSPS) is 10.9. The third kappa shape index (κ3) is 2.61. The molecule has 4 N–H and O–H groups in total. The van der Waals surface area contributed by atoms with Gasteiger partial charge in [-0.05, 0) is 42.5 Å². The lowest BCUT2D eigenvalue weighted by molar-refractivity contribution is 0.414. The summed E-state index contributed by atoms with van der Waals surface area (Å²) >= 11 is 0. The molecule has 0 fully saturated rings. The number of hydrogen-bond acceptors (Lipinski definition) is 6. The van der Waals surface area contributed by atoms with E-state index in [9.17, 15) is 0 Å². The second-order valence-corrected chi connectivity index (χ2v) is 5.57. The summed E-state index contributed by atoms with van der Waals surface area (Å²) in [5, 5.41) is 5.25. The molecule has 0 amide bonds. The quantitative estimate of drug-likeness (QED) is 0.559. The first-order valence-electron chi connectivity index (χ1n) is 7.66. The van der Waals surface area contributed by atoms with Crippen molar-refractivity contribution in [3.05, 3.63) is 54.9 Å². The highest BCUT2D eigenvalue weighted by Crippen LogP contribution is 2.27. The molecule has 7 nitrogen and oxygen atoms in total. The van der Waals surface area contributed by atoms with Gasteiger partial charge in [-0.2, -0.15) is 5.10 Å². The smallest absolute Gasteiger partial charge is 0.166 e. The van der Waals surface area contributed by atoms with Gasteiger partial charge >= 0.3 is 0 Å². The molecule has 0 atom stereocenters. The van der Waals surface area contributed by atoms with Crippen molar-refractivity contribution < 1.29 is 4.74 Å². The van der Waals surface area contributed by atoms with Crippen molar-refractivity contribution in [2.45, 2.75) is 0 Å². The van der Waals surface area contributed by atoms with E-state index >= 15 is 0 Å². The third-order valence-corrected chi connectivity index (χ3v) is 3.94. The number of methoxy groups -OCH3 is 1. The minimum absolute atomic E-state index is 0.507. The van der Waals surface area contributed by atoms with Crippen LogP contribution in [0, 0.1) is 0 Å². The lowest BCUT2D eigenvalue weighted by Crippen LogP contribution is -2.00. The highest BCUT2D eigenvalue weighted by Gasteiger charge is 2.12. The highest BCUT2D eigenvalue weighted by molar-refractivity contribution is 5.81. The minimum Gasteiger partial charge on any atom is -0.497 e. The Bertz CT molecular complexity index is 1060. The van der Waals surface area contributed by atoms with E-state index in [4.69, 9.17) is 16.2 Å². The van der Waals surface area contributed by atoms with Crippen molar-refractivity contribution in [2.24, 2.45) is 0 Å². The number of nitrogens with zero attached hydrogens (tertiary/aromatic N) is 4. The zero-order valence-electron chi connectivity index (χ0n) is 13.5. The van der Waals surface area contributed by atoms with Crippen LogP contribution in [-0.4, -0.2) is 26.9 Å². The molecule has 0 aliphatic heterocycles. The average molecular weight is 332 g/mol. The van der Waals surface area contributed by atoms with E-state index in [1.807, 2.05) is 24.3 Å². The van der Waals surface area contributed by atoms with Gasteiger partial charge in [-0.15, -0.1) is 0 Å². The van der Waals surface area contributed by atoms with E-state index in [2.05, 4.69) is 15.1 Å². The largest absolute Gasteiger partial charge is 0.497 e. The fraction of sp³-hybridized carbons (Fsp3) is 0.0556. The van der Waals surface area contributed by atoms with Crippen LogP contribution < -0.4 is 16.2 Å². The highest BCUT2D eigenvalue weighted by atomic mass is 16.5. The third-order valence-electron chi connectivity index (χ3n) is 3.94. The SMILES string of the molecule is COc1ccc(-n2ncc3cnc(-c4cc(N)ccc4N)nc32)cc1.